The summed E-state index contributed by atoms with van der Waals surface area (Å²) in [6.45, 7) is 5.04. The van der Waals surface area contributed by atoms with Gasteiger partial charge in [-0.15, -0.1) is 0 Å². The molecule has 3 rings (SSSR count). The molecule has 2 nitrogen and oxygen atoms in total. The van der Waals surface area contributed by atoms with Crippen LogP contribution in [0.1, 0.15) is 33.9 Å². The zero-order valence-corrected chi connectivity index (χ0v) is 12.8. The summed E-state index contributed by atoms with van der Waals surface area (Å²) in [7, 11) is 0. The van der Waals surface area contributed by atoms with E-state index in [2.05, 4.69) is 56.3 Å². The molecule has 0 aliphatic carbocycles. The Morgan fingerprint density at radius 3 is 2.86 bits per heavy atom. The summed E-state index contributed by atoms with van der Waals surface area (Å²) in [4.78, 5) is 0. The highest BCUT2D eigenvalue weighted by Gasteiger charge is 2.26. The monoisotopic (exact) mass is 281 g/mol. The van der Waals surface area contributed by atoms with E-state index in [1.54, 1.807) is 0 Å². The zero-order chi connectivity index (χ0) is 14.8. The summed E-state index contributed by atoms with van der Waals surface area (Å²) in [5, 5.41) is 0. The summed E-state index contributed by atoms with van der Waals surface area (Å²) in [6, 6.07) is 15.1. The van der Waals surface area contributed by atoms with Crippen LogP contribution in [-0.2, 0) is 17.6 Å². The highest BCUT2D eigenvalue weighted by Crippen LogP contribution is 2.30. The molecule has 0 spiro atoms. The van der Waals surface area contributed by atoms with E-state index in [9.17, 15) is 0 Å². The number of hydrogen-bond acceptors (Lipinski definition) is 2. The molecule has 2 aromatic carbocycles. The topological polar surface area (TPSA) is 35.2 Å². The van der Waals surface area contributed by atoms with E-state index in [4.69, 9.17) is 10.5 Å². The lowest BCUT2D eigenvalue weighted by atomic mass is 9.89. The van der Waals surface area contributed by atoms with Crippen molar-refractivity contribution in [3.8, 4) is 0 Å². The molecule has 2 unspecified atom stereocenters. The Morgan fingerprint density at radius 1 is 1.19 bits per heavy atom. The summed E-state index contributed by atoms with van der Waals surface area (Å²) >= 11 is 0. The molecule has 0 radical (unpaired) electrons. The molecule has 0 amide bonds. The Morgan fingerprint density at radius 2 is 2.00 bits per heavy atom. The number of fused-ring (bicyclic) bond motifs is 1. The maximum absolute atomic E-state index is 6.49. The largest absolute Gasteiger partial charge is 0.372 e. The van der Waals surface area contributed by atoms with Gasteiger partial charge >= 0.3 is 0 Å². The van der Waals surface area contributed by atoms with Gasteiger partial charge in [0.25, 0.3) is 0 Å². The Bertz CT molecular complexity index is 635. The van der Waals surface area contributed by atoms with Crippen LogP contribution in [0.15, 0.2) is 42.5 Å². The Balaban J connectivity index is 1.83. The second-order valence-corrected chi connectivity index (χ2v) is 6.04. The number of nitrogens with two attached hydrogens (primary N) is 1. The first kappa shape index (κ1) is 14.3. The smallest absolute Gasteiger partial charge is 0.0981 e. The van der Waals surface area contributed by atoms with Gasteiger partial charge in [0, 0.05) is 6.04 Å². The molecule has 1 heterocycles. The van der Waals surface area contributed by atoms with E-state index in [-0.39, 0.29) is 12.1 Å². The van der Waals surface area contributed by atoms with Crippen LogP contribution >= 0.6 is 0 Å². The van der Waals surface area contributed by atoms with E-state index >= 15 is 0 Å². The maximum Gasteiger partial charge on any atom is 0.0981 e. The van der Waals surface area contributed by atoms with Crippen molar-refractivity contribution in [3.05, 3.63) is 70.3 Å². The van der Waals surface area contributed by atoms with Gasteiger partial charge in [-0.25, -0.2) is 0 Å². The Hall–Kier alpha value is -1.64. The zero-order valence-electron chi connectivity index (χ0n) is 12.8. The first-order valence-electron chi connectivity index (χ1n) is 7.66. The average molecular weight is 281 g/mol. The van der Waals surface area contributed by atoms with E-state index in [1.165, 1.54) is 27.8 Å². The number of hydrogen-bond donors (Lipinski definition) is 1. The second kappa shape index (κ2) is 6.00. The van der Waals surface area contributed by atoms with Crippen LogP contribution in [0.25, 0.3) is 0 Å². The van der Waals surface area contributed by atoms with Crippen LogP contribution in [0, 0.1) is 13.8 Å². The minimum Gasteiger partial charge on any atom is -0.372 e. The van der Waals surface area contributed by atoms with Crippen LogP contribution in [-0.4, -0.2) is 12.6 Å². The Kier molecular flexibility index (Phi) is 4.09. The van der Waals surface area contributed by atoms with Gasteiger partial charge in [0.05, 0.1) is 12.7 Å². The molecule has 2 aromatic rings. The first-order valence-corrected chi connectivity index (χ1v) is 7.66. The molecular weight excluding hydrogens is 258 g/mol. The number of benzene rings is 2. The van der Waals surface area contributed by atoms with Crippen molar-refractivity contribution in [1.82, 2.24) is 0 Å². The van der Waals surface area contributed by atoms with E-state index in [0.717, 1.165) is 19.4 Å². The number of aryl methyl sites for hydroxylation is 2. The highest BCUT2D eigenvalue weighted by atomic mass is 16.5. The molecule has 0 bridgehead atoms. The molecule has 110 valence electrons. The predicted octanol–water partition coefficient (Wildman–Crippen LogP) is 3.49. The molecule has 2 atom stereocenters. The van der Waals surface area contributed by atoms with Crippen molar-refractivity contribution in [2.45, 2.75) is 38.8 Å². The molecule has 2 heteroatoms. The van der Waals surface area contributed by atoms with Gasteiger partial charge in [0.2, 0.25) is 0 Å². The van der Waals surface area contributed by atoms with Gasteiger partial charge in [-0.3, -0.25) is 0 Å². The van der Waals surface area contributed by atoms with Crippen LogP contribution in [0.3, 0.4) is 0 Å². The van der Waals surface area contributed by atoms with Gasteiger partial charge in [0.15, 0.2) is 0 Å². The first-order chi connectivity index (χ1) is 10.1. The standard InChI is InChI=1S/C19H23NO/c1-13-7-8-14(2)16(11-13)12-18(20)19-17-6-4-3-5-15(17)9-10-21-19/h3-8,11,18-19H,9-10,12,20H2,1-2H3. The van der Waals surface area contributed by atoms with Crippen LogP contribution < -0.4 is 5.73 Å². The highest BCUT2D eigenvalue weighted by molar-refractivity contribution is 5.34. The lowest BCUT2D eigenvalue weighted by molar-refractivity contribution is 0.0246. The van der Waals surface area contributed by atoms with Crippen molar-refractivity contribution >= 4 is 0 Å². The van der Waals surface area contributed by atoms with Gasteiger partial charge in [-0.1, -0.05) is 48.0 Å². The molecule has 0 fully saturated rings. The number of ether oxygens (including phenoxy) is 1. The fraction of sp³-hybridized carbons (Fsp3) is 0.368. The predicted molar refractivity (Wildman–Crippen MR) is 86.4 cm³/mol. The maximum atomic E-state index is 6.49. The van der Waals surface area contributed by atoms with Crippen LogP contribution in [0.4, 0.5) is 0 Å². The van der Waals surface area contributed by atoms with Crippen molar-refractivity contribution in [3.63, 3.8) is 0 Å². The molecule has 0 saturated carbocycles. The van der Waals surface area contributed by atoms with E-state index in [1.807, 2.05) is 0 Å². The van der Waals surface area contributed by atoms with Crippen molar-refractivity contribution in [2.75, 3.05) is 6.61 Å². The minimum atomic E-state index is -0.00745. The fourth-order valence-electron chi connectivity index (χ4n) is 3.16. The molecule has 2 N–H and O–H groups in total. The summed E-state index contributed by atoms with van der Waals surface area (Å²) < 4.78 is 5.98. The summed E-state index contributed by atoms with van der Waals surface area (Å²) in [6.07, 6.45) is 1.85. The average Bonchev–Trinajstić information content (AvgIpc) is 2.50. The van der Waals surface area contributed by atoms with E-state index in [0.29, 0.717) is 0 Å². The van der Waals surface area contributed by atoms with Gasteiger partial charge in [-0.2, -0.15) is 0 Å². The summed E-state index contributed by atoms with van der Waals surface area (Å²) in [5.74, 6) is 0. The normalized spacial score (nSPS) is 19.1. The molecule has 0 aromatic heterocycles. The van der Waals surface area contributed by atoms with E-state index < -0.39 is 0 Å². The third-order valence-corrected chi connectivity index (χ3v) is 4.38. The molecule has 21 heavy (non-hydrogen) atoms. The Labute approximate surface area is 126 Å². The minimum absolute atomic E-state index is 0.00745. The van der Waals surface area contributed by atoms with Crippen LogP contribution in [0.5, 0.6) is 0 Å². The third-order valence-electron chi connectivity index (χ3n) is 4.38. The van der Waals surface area contributed by atoms with Crippen molar-refractivity contribution in [2.24, 2.45) is 5.73 Å². The van der Waals surface area contributed by atoms with Gasteiger partial charge in [0.1, 0.15) is 0 Å². The fourth-order valence-corrected chi connectivity index (χ4v) is 3.16. The lowest BCUT2D eigenvalue weighted by Gasteiger charge is -2.31. The second-order valence-electron chi connectivity index (χ2n) is 6.04. The van der Waals surface area contributed by atoms with Crippen LogP contribution in [0.2, 0.25) is 0 Å². The van der Waals surface area contributed by atoms with Gasteiger partial charge in [-0.05, 0) is 48.9 Å². The summed E-state index contributed by atoms with van der Waals surface area (Å²) in [5.41, 5.74) is 13.1. The molecular formula is C19H23NO. The number of rotatable bonds is 3. The van der Waals surface area contributed by atoms with Crippen molar-refractivity contribution in [1.29, 1.82) is 0 Å². The van der Waals surface area contributed by atoms with Gasteiger partial charge < -0.3 is 10.5 Å². The third kappa shape index (κ3) is 3.02. The lowest BCUT2D eigenvalue weighted by Crippen LogP contribution is -2.35. The van der Waals surface area contributed by atoms with Crippen molar-refractivity contribution < 1.29 is 4.74 Å². The molecule has 1 aliphatic rings. The quantitative estimate of drug-likeness (QED) is 0.934. The molecule has 0 saturated heterocycles. The molecule has 1 aliphatic heterocycles. The SMILES string of the molecule is Cc1ccc(C)c(CC(N)C2OCCc3ccccc32)c1.